The second-order valence-electron chi connectivity index (χ2n) is 7.89. The van der Waals surface area contributed by atoms with Crippen LogP contribution < -0.4 is 0 Å². The fraction of sp³-hybridized carbons (Fsp3) is 0.778. The summed E-state index contributed by atoms with van der Waals surface area (Å²) in [6.07, 6.45) is 7.41. The van der Waals surface area contributed by atoms with Gasteiger partial charge in [0.25, 0.3) is 0 Å². The molecule has 0 aromatic heterocycles. The molecule has 0 aromatic rings. The molecule has 118 valence electrons. The largest absolute Gasteiger partial charge is 0.478 e. The molecule has 0 amide bonds. The van der Waals surface area contributed by atoms with Crippen molar-refractivity contribution in [1.29, 1.82) is 0 Å². The Morgan fingerprint density at radius 3 is 2.52 bits per heavy atom. The lowest BCUT2D eigenvalue weighted by atomic mass is 9.48. The van der Waals surface area contributed by atoms with Crippen LogP contribution in [0.25, 0.3) is 0 Å². The Hall–Kier alpha value is -1.12. The van der Waals surface area contributed by atoms with E-state index in [0.29, 0.717) is 24.3 Å². The zero-order valence-electron chi connectivity index (χ0n) is 13.7. The highest BCUT2D eigenvalue weighted by Gasteiger charge is 2.53. The van der Waals surface area contributed by atoms with Crippen molar-refractivity contribution in [2.24, 2.45) is 22.7 Å². The predicted octanol–water partition coefficient (Wildman–Crippen LogP) is 4.22. The van der Waals surface area contributed by atoms with Gasteiger partial charge in [0.05, 0.1) is 0 Å². The summed E-state index contributed by atoms with van der Waals surface area (Å²) in [6.45, 7) is 8.49. The molecule has 0 saturated heterocycles. The Morgan fingerprint density at radius 1 is 1.29 bits per heavy atom. The van der Waals surface area contributed by atoms with E-state index in [1.54, 1.807) is 6.92 Å². The minimum Gasteiger partial charge on any atom is -0.478 e. The summed E-state index contributed by atoms with van der Waals surface area (Å²) in [5, 5.41) is 9.56. The number of aliphatic carboxylic acids is 1. The average Bonchev–Trinajstić information content (AvgIpc) is 2.34. The molecule has 2 aliphatic rings. The maximum absolute atomic E-state index is 11.6. The molecule has 0 heterocycles. The van der Waals surface area contributed by atoms with Crippen molar-refractivity contribution < 1.29 is 14.7 Å². The average molecular weight is 292 g/mol. The third-order valence-corrected chi connectivity index (χ3v) is 6.05. The molecule has 1 saturated carbocycles. The highest BCUT2D eigenvalue weighted by molar-refractivity contribution is 5.87. The number of Topliss-reactive ketones (excluding diaryl/α,β-unsaturated/α-hetero) is 1. The van der Waals surface area contributed by atoms with Gasteiger partial charge in [-0.05, 0) is 55.3 Å². The lowest BCUT2D eigenvalue weighted by Gasteiger charge is -2.56. The molecular weight excluding hydrogens is 264 g/mol. The van der Waals surface area contributed by atoms with E-state index in [1.807, 2.05) is 6.08 Å². The van der Waals surface area contributed by atoms with E-state index in [-0.39, 0.29) is 22.5 Å². The van der Waals surface area contributed by atoms with E-state index in [0.717, 1.165) is 19.3 Å². The molecule has 3 nitrogen and oxygen atoms in total. The third-order valence-electron chi connectivity index (χ3n) is 6.05. The summed E-state index contributed by atoms with van der Waals surface area (Å²) in [5.74, 6) is -0.122. The van der Waals surface area contributed by atoms with Crippen LogP contribution in [-0.4, -0.2) is 16.9 Å². The van der Waals surface area contributed by atoms with Crippen molar-refractivity contribution in [2.45, 2.75) is 66.2 Å². The standard InChI is InChI=1S/C18H28O3/c1-12(19)6-8-14-13(16(20)21)7-9-15-17(2,3)10-5-11-18(14,15)4/h7,14-15H,5-6,8-11H2,1-4H3,(H,20,21)/t14-,15-,18+/m0/s1. The topological polar surface area (TPSA) is 54.4 Å². The summed E-state index contributed by atoms with van der Waals surface area (Å²) < 4.78 is 0. The number of carboxylic acid groups (broad SMARTS) is 1. The quantitative estimate of drug-likeness (QED) is 0.844. The number of hydrogen-bond acceptors (Lipinski definition) is 2. The van der Waals surface area contributed by atoms with Crippen LogP contribution in [0.15, 0.2) is 11.6 Å². The molecule has 3 atom stereocenters. The lowest BCUT2D eigenvalue weighted by molar-refractivity contribution is -0.136. The van der Waals surface area contributed by atoms with Gasteiger partial charge in [-0.15, -0.1) is 0 Å². The SMILES string of the molecule is CC(=O)CC[C@H]1C(C(=O)O)=CC[C@H]2C(C)(C)CCC[C@]12C. The smallest absolute Gasteiger partial charge is 0.331 e. The van der Waals surface area contributed by atoms with E-state index in [9.17, 15) is 14.7 Å². The molecule has 21 heavy (non-hydrogen) atoms. The molecular formula is C18H28O3. The van der Waals surface area contributed by atoms with E-state index in [1.165, 1.54) is 6.42 Å². The lowest BCUT2D eigenvalue weighted by Crippen LogP contribution is -2.49. The number of carboxylic acids is 1. The summed E-state index contributed by atoms with van der Waals surface area (Å²) >= 11 is 0. The molecule has 0 aliphatic heterocycles. The zero-order chi connectivity index (χ0) is 15.8. The number of carbonyl (C=O) groups is 2. The molecule has 0 spiro atoms. The summed E-state index contributed by atoms with van der Waals surface area (Å²) in [5.41, 5.74) is 0.814. The molecule has 0 radical (unpaired) electrons. The van der Waals surface area contributed by atoms with Crippen molar-refractivity contribution in [1.82, 2.24) is 0 Å². The third kappa shape index (κ3) is 2.93. The van der Waals surface area contributed by atoms with Crippen molar-refractivity contribution in [3.05, 3.63) is 11.6 Å². The van der Waals surface area contributed by atoms with Crippen molar-refractivity contribution in [3.8, 4) is 0 Å². The van der Waals surface area contributed by atoms with Gasteiger partial charge in [-0.2, -0.15) is 0 Å². The van der Waals surface area contributed by atoms with Crippen LogP contribution in [-0.2, 0) is 9.59 Å². The Kier molecular flexibility index (Phi) is 4.32. The molecule has 1 fully saturated rings. The van der Waals surface area contributed by atoms with Gasteiger partial charge in [0.1, 0.15) is 5.78 Å². The summed E-state index contributed by atoms with van der Waals surface area (Å²) in [4.78, 5) is 23.0. The van der Waals surface area contributed by atoms with E-state index in [2.05, 4.69) is 20.8 Å². The van der Waals surface area contributed by atoms with Gasteiger partial charge in [-0.1, -0.05) is 33.3 Å². The van der Waals surface area contributed by atoms with Gasteiger partial charge >= 0.3 is 5.97 Å². The minimum atomic E-state index is -0.799. The predicted molar refractivity (Wildman–Crippen MR) is 83.0 cm³/mol. The molecule has 0 bridgehead atoms. The first-order chi connectivity index (χ1) is 9.68. The fourth-order valence-electron chi connectivity index (χ4n) is 4.98. The number of rotatable bonds is 4. The Bertz CT molecular complexity index is 475. The van der Waals surface area contributed by atoms with Crippen LogP contribution in [0.1, 0.15) is 66.2 Å². The van der Waals surface area contributed by atoms with Crippen LogP contribution in [0.3, 0.4) is 0 Å². The van der Waals surface area contributed by atoms with E-state index < -0.39 is 5.97 Å². The van der Waals surface area contributed by atoms with E-state index in [4.69, 9.17) is 0 Å². The van der Waals surface area contributed by atoms with Gasteiger partial charge in [0, 0.05) is 12.0 Å². The molecule has 2 aliphatic carbocycles. The monoisotopic (exact) mass is 292 g/mol. The van der Waals surface area contributed by atoms with Gasteiger partial charge in [-0.3, -0.25) is 0 Å². The van der Waals surface area contributed by atoms with Crippen LogP contribution in [0.4, 0.5) is 0 Å². The van der Waals surface area contributed by atoms with Gasteiger partial charge in [0.15, 0.2) is 0 Å². The minimum absolute atomic E-state index is 0.0113. The van der Waals surface area contributed by atoms with Crippen LogP contribution in [0.5, 0.6) is 0 Å². The first kappa shape index (κ1) is 16.3. The first-order valence-electron chi connectivity index (χ1n) is 8.11. The van der Waals surface area contributed by atoms with Crippen molar-refractivity contribution in [3.63, 3.8) is 0 Å². The zero-order valence-corrected chi connectivity index (χ0v) is 13.7. The number of hydrogen-bond donors (Lipinski definition) is 1. The molecule has 0 aromatic carbocycles. The molecule has 1 N–H and O–H groups in total. The Balaban J connectivity index is 2.38. The van der Waals surface area contributed by atoms with Crippen molar-refractivity contribution >= 4 is 11.8 Å². The Labute approximate surface area is 127 Å². The van der Waals surface area contributed by atoms with Crippen LogP contribution in [0.2, 0.25) is 0 Å². The molecule has 0 unspecified atom stereocenters. The van der Waals surface area contributed by atoms with Gasteiger partial charge < -0.3 is 9.90 Å². The Morgan fingerprint density at radius 2 is 1.95 bits per heavy atom. The second-order valence-corrected chi connectivity index (χ2v) is 7.89. The summed E-state index contributed by atoms with van der Waals surface area (Å²) in [6, 6.07) is 0. The second kappa shape index (κ2) is 5.58. The fourth-order valence-corrected chi connectivity index (χ4v) is 4.98. The maximum atomic E-state index is 11.6. The number of ketones is 1. The first-order valence-corrected chi connectivity index (χ1v) is 8.11. The molecule has 3 heteroatoms. The summed E-state index contributed by atoms with van der Waals surface area (Å²) in [7, 11) is 0. The van der Waals surface area contributed by atoms with E-state index >= 15 is 0 Å². The van der Waals surface area contributed by atoms with Gasteiger partial charge in [-0.25, -0.2) is 4.79 Å². The van der Waals surface area contributed by atoms with Gasteiger partial charge in [0.2, 0.25) is 0 Å². The maximum Gasteiger partial charge on any atom is 0.331 e. The van der Waals surface area contributed by atoms with Crippen molar-refractivity contribution in [2.75, 3.05) is 0 Å². The molecule has 2 rings (SSSR count). The number of allylic oxidation sites excluding steroid dienone is 1. The number of fused-ring (bicyclic) bond motifs is 1. The van der Waals surface area contributed by atoms with Crippen LogP contribution >= 0.6 is 0 Å². The highest BCUT2D eigenvalue weighted by atomic mass is 16.4. The normalized spacial score (nSPS) is 34.8. The highest BCUT2D eigenvalue weighted by Crippen LogP contribution is 2.60. The number of carbonyl (C=O) groups excluding carboxylic acids is 1. The van der Waals surface area contributed by atoms with Crippen LogP contribution in [0, 0.1) is 22.7 Å².